The summed E-state index contributed by atoms with van der Waals surface area (Å²) in [6.45, 7) is 6.35. The van der Waals surface area contributed by atoms with E-state index in [0.717, 1.165) is 44.5 Å². The number of aryl methyl sites for hydroxylation is 1. The molecule has 20 heavy (non-hydrogen) atoms. The molecule has 1 saturated carbocycles. The van der Waals surface area contributed by atoms with E-state index < -0.39 is 5.60 Å². The van der Waals surface area contributed by atoms with Crippen molar-refractivity contribution in [2.24, 2.45) is 0 Å². The number of aliphatic hydroxyl groups is 1. The van der Waals surface area contributed by atoms with Crippen molar-refractivity contribution < 1.29 is 9.84 Å². The highest BCUT2D eigenvalue weighted by Gasteiger charge is 2.30. The number of hydrogen-bond donors (Lipinski definition) is 2. The molecule has 0 unspecified atom stereocenters. The first-order valence-electron chi connectivity index (χ1n) is 7.78. The number of ether oxygens (including phenoxy) is 1. The van der Waals surface area contributed by atoms with E-state index in [9.17, 15) is 5.11 Å². The van der Waals surface area contributed by atoms with Gasteiger partial charge in [0, 0.05) is 12.1 Å². The fourth-order valence-corrected chi connectivity index (χ4v) is 2.81. The molecule has 0 atom stereocenters. The third kappa shape index (κ3) is 4.22. The fourth-order valence-electron chi connectivity index (χ4n) is 2.81. The number of rotatable bonds is 6. The lowest BCUT2D eigenvalue weighted by atomic mass is 9.85. The maximum Gasteiger partial charge on any atom is 0.123 e. The summed E-state index contributed by atoms with van der Waals surface area (Å²) >= 11 is 0. The molecule has 0 amide bonds. The van der Waals surface area contributed by atoms with Gasteiger partial charge in [0.05, 0.1) is 5.60 Å². The van der Waals surface area contributed by atoms with Crippen LogP contribution in [0.4, 0.5) is 0 Å². The van der Waals surface area contributed by atoms with Crippen molar-refractivity contribution >= 4 is 0 Å². The van der Waals surface area contributed by atoms with Gasteiger partial charge in [-0.25, -0.2) is 0 Å². The summed E-state index contributed by atoms with van der Waals surface area (Å²) in [5.74, 6) is 0.899. The van der Waals surface area contributed by atoms with E-state index in [1.165, 1.54) is 17.5 Å². The van der Waals surface area contributed by atoms with Gasteiger partial charge in [-0.1, -0.05) is 43.9 Å². The molecule has 1 aliphatic carbocycles. The Hall–Kier alpha value is -1.06. The first kappa shape index (κ1) is 15.3. The van der Waals surface area contributed by atoms with Crippen LogP contribution in [-0.4, -0.2) is 23.9 Å². The molecule has 0 heterocycles. The van der Waals surface area contributed by atoms with Crippen LogP contribution in [0.25, 0.3) is 0 Å². The molecule has 0 aromatic heterocycles. The molecule has 0 aliphatic heterocycles. The Morgan fingerprint density at radius 2 is 2.00 bits per heavy atom. The molecule has 1 fully saturated rings. The van der Waals surface area contributed by atoms with Crippen LogP contribution in [0.1, 0.15) is 50.2 Å². The summed E-state index contributed by atoms with van der Waals surface area (Å²) in [6, 6.07) is 6.24. The van der Waals surface area contributed by atoms with E-state index in [-0.39, 0.29) is 0 Å². The average molecular weight is 277 g/mol. The van der Waals surface area contributed by atoms with Gasteiger partial charge in [0.15, 0.2) is 0 Å². The lowest BCUT2D eigenvalue weighted by Gasteiger charge is -2.32. The first-order valence-corrected chi connectivity index (χ1v) is 7.78. The summed E-state index contributed by atoms with van der Waals surface area (Å²) in [7, 11) is 0. The minimum atomic E-state index is -0.626. The van der Waals surface area contributed by atoms with Gasteiger partial charge in [0.25, 0.3) is 0 Å². The van der Waals surface area contributed by atoms with Gasteiger partial charge in [0.2, 0.25) is 0 Å². The van der Waals surface area contributed by atoms with Gasteiger partial charge in [-0.15, -0.1) is 0 Å². The zero-order valence-electron chi connectivity index (χ0n) is 12.7. The van der Waals surface area contributed by atoms with E-state index >= 15 is 0 Å². The van der Waals surface area contributed by atoms with E-state index in [1.807, 2.05) is 6.07 Å². The highest BCUT2D eigenvalue weighted by atomic mass is 16.5. The highest BCUT2D eigenvalue weighted by Crippen LogP contribution is 2.29. The fraction of sp³-hybridized carbons (Fsp3) is 0.647. The maximum absolute atomic E-state index is 10.5. The second-order valence-corrected chi connectivity index (χ2v) is 5.97. The average Bonchev–Trinajstić information content (AvgIpc) is 2.45. The van der Waals surface area contributed by atoms with E-state index in [4.69, 9.17) is 4.74 Å². The van der Waals surface area contributed by atoms with Crippen molar-refractivity contribution in [3.05, 3.63) is 29.3 Å². The van der Waals surface area contributed by atoms with Crippen molar-refractivity contribution in [2.75, 3.05) is 13.2 Å². The van der Waals surface area contributed by atoms with Crippen molar-refractivity contribution in [3.63, 3.8) is 0 Å². The van der Waals surface area contributed by atoms with Crippen LogP contribution in [0.2, 0.25) is 0 Å². The third-order valence-electron chi connectivity index (χ3n) is 4.06. The smallest absolute Gasteiger partial charge is 0.123 e. The first-order chi connectivity index (χ1) is 9.63. The van der Waals surface area contributed by atoms with E-state index in [1.54, 1.807) is 0 Å². The maximum atomic E-state index is 10.5. The van der Waals surface area contributed by atoms with Crippen LogP contribution in [0.3, 0.4) is 0 Å². The van der Waals surface area contributed by atoms with Crippen molar-refractivity contribution in [2.45, 2.75) is 58.1 Å². The molecule has 1 aromatic rings. The molecule has 112 valence electrons. The number of nitrogens with one attached hydrogen (secondary N) is 1. The minimum absolute atomic E-state index is 0.412. The summed E-state index contributed by atoms with van der Waals surface area (Å²) < 4.78 is 5.94. The van der Waals surface area contributed by atoms with Crippen molar-refractivity contribution in [3.8, 4) is 5.75 Å². The van der Waals surface area contributed by atoms with Crippen LogP contribution < -0.4 is 10.1 Å². The highest BCUT2D eigenvalue weighted by molar-refractivity contribution is 5.37. The lowest BCUT2D eigenvalue weighted by molar-refractivity contribution is -0.0341. The zero-order valence-corrected chi connectivity index (χ0v) is 12.7. The van der Waals surface area contributed by atoms with Gasteiger partial charge in [-0.2, -0.15) is 0 Å². The third-order valence-corrected chi connectivity index (χ3v) is 4.06. The molecular formula is C17H27NO2. The molecule has 0 radical (unpaired) electrons. The van der Waals surface area contributed by atoms with E-state index in [2.05, 4.69) is 31.3 Å². The van der Waals surface area contributed by atoms with Crippen molar-refractivity contribution in [1.82, 2.24) is 5.32 Å². The largest absolute Gasteiger partial charge is 0.490 e. The van der Waals surface area contributed by atoms with Gasteiger partial charge in [-0.05, 0) is 32.4 Å². The zero-order chi connectivity index (χ0) is 14.4. The second kappa shape index (κ2) is 7.09. The molecule has 1 aromatic carbocycles. The van der Waals surface area contributed by atoms with Gasteiger partial charge < -0.3 is 15.2 Å². The minimum Gasteiger partial charge on any atom is -0.490 e. The predicted molar refractivity (Wildman–Crippen MR) is 82.1 cm³/mol. The van der Waals surface area contributed by atoms with Gasteiger partial charge >= 0.3 is 0 Å². The molecule has 2 N–H and O–H groups in total. The van der Waals surface area contributed by atoms with Gasteiger partial charge in [-0.3, -0.25) is 0 Å². The molecule has 2 rings (SSSR count). The van der Waals surface area contributed by atoms with Crippen LogP contribution in [0.15, 0.2) is 18.2 Å². The molecule has 1 aliphatic rings. The number of hydrogen-bond acceptors (Lipinski definition) is 3. The van der Waals surface area contributed by atoms with Crippen LogP contribution in [0.5, 0.6) is 5.75 Å². The van der Waals surface area contributed by atoms with Crippen LogP contribution in [0, 0.1) is 6.92 Å². The Morgan fingerprint density at radius 3 is 2.70 bits per heavy atom. The van der Waals surface area contributed by atoms with Crippen molar-refractivity contribution in [1.29, 1.82) is 0 Å². The molecule has 0 bridgehead atoms. The molecule has 0 saturated heterocycles. The topological polar surface area (TPSA) is 41.5 Å². The van der Waals surface area contributed by atoms with Gasteiger partial charge in [0.1, 0.15) is 12.4 Å². The normalized spacial score (nSPS) is 17.9. The molecule has 0 spiro atoms. The Kier molecular flexibility index (Phi) is 5.44. The Bertz CT molecular complexity index is 425. The monoisotopic (exact) mass is 277 g/mol. The molecular weight excluding hydrogens is 250 g/mol. The summed E-state index contributed by atoms with van der Waals surface area (Å²) in [5.41, 5.74) is 1.78. The Balaban J connectivity index is 2.00. The Morgan fingerprint density at radius 1 is 1.25 bits per heavy atom. The summed E-state index contributed by atoms with van der Waals surface area (Å²) in [5, 5.41) is 13.9. The summed E-state index contributed by atoms with van der Waals surface area (Å²) in [4.78, 5) is 0. The van der Waals surface area contributed by atoms with E-state index in [0.29, 0.717) is 6.61 Å². The molecule has 3 nitrogen and oxygen atoms in total. The lowest BCUT2D eigenvalue weighted by Crippen LogP contribution is -2.38. The second-order valence-electron chi connectivity index (χ2n) is 5.97. The predicted octanol–water partition coefficient (Wildman–Crippen LogP) is 3.18. The Labute approximate surface area is 122 Å². The quantitative estimate of drug-likeness (QED) is 0.839. The standard InChI is InChI=1S/C17H27NO2/c1-3-18-12-15-11-14(2)7-8-16(15)20-13-17(19)9-5-4-6-10-17/h7-8,11,18-19H,3-6,9-10,12-13H2,1-2H3. The van der Waals surface area contributed by atoms with Crippen LogP contribution >= 0.6 is 0 Å². The molecule has 3 heteroatoms. The van der Waals surface area contributed by atoms with Crippen LogP contribution in [-0.2, 0) is 6.54 Å². The summed E-state index contributed by atoms with van der Waals surface area (Å²) in [6.07, 6.45) is 5.18. The SMILES string of the molecule is CCNCc1cc(C)ccc1OCC1(O)CCCCC1. The number of benzene rings is 1.